The number of rotatable bonds is 12. The largest absolute Gasteiger partial charge is 0.497 e. The molecule has 5 nitrogen and oxygen atoms in total. The fraction of sp³-hybridized carbons (Fsp3) is 0.655. The quantitative estimate of drug-likeness (QED) is 0.368. The molecule has 0 amide bonds. The monoisotopic (exact) mass is 472 g/mol. The number of benzene rings is 1. The number of aryl methyl sites for hydroxylation is 1. The van der Waals surface area contributed by atoms with Gasteiger partial charge in [-0.15, -0.1) is 0 Å². The molecule has 1 fully saturated rings. The third-order valence-electron chi connectivity index (χ3n) is 7.82. The van der Waals surface area contributed by atoms with E-state index in [0.717, 1.165) is 47.5 Å². The minimum absolute atomic E-state index is 0.174. The number of hydrogen-bond acceptors (Lipinski definition) is 5. The van der Waals surface area contributed by atoms with Crippen LogP contribution in [0.2, 0.25) is 0 Å². The van der Waals surface area contributed by atoms with Crippen LogP contribution >= 0.6 is 0 Å². The molecule has 1 aliphatic rings. The van der Waals surface area contributed by atoms with Gasteiger partial charge in [0, 0.05) is 30.2 Å². The van der Waals surface area contributed by atoms with Crippen molar-refractivity contribution in [3.8, 4) is 11.5 Å². The highest BCUT2D eigenvalue weighted by atomic mass is 16.5. The Morgan fingerprint density at radius 1 is 1.15 bits per heavy atom. The zero-order valence-electron chi connectivity index (χ0n) is 22.5. The molecule has 0 aliphatic heterocycles. The van der Waals surface area contributed by atoms with Crippen LogP contribution in [0.5, 0.6) is 11.5 Å². The summed E-state index contributed by atoms with van der Waals surface area (Å²) in [6.07, 6.45) is 6.98. The highest BCUT2D eigenvalue weighted by Gasteiger charge is 2.53. The van der Waals surface area contributed by atoms with E-state index < -0.39 is 11.0 Å². The summed E-state index contributed by atoms with van der Waals surface area (Å²) in [5, 5.41) is 10.1. The molecule has 1 aromatic carbocycles. The summed E-state index contributed by atoms with van der Waals surface area (Å²) in [5.74, 6) is 1.98. The van der Waals surface area contributed by atoms with Crippen molar-refractivity contribution in [3.05, 3.63) is 34.9 Å². The average molecular weight is 473 g/mol. The van der Waals surface area contributed by atoms with Crippen molar-refractivity contribution in [2.24, 2.45) is 10.8 Å². The van der Waals surface area contributed by atoms with Crippen molar-refractivity contribution in [1.29, 1.82) is 0 Å². The lowest BCUT2D eigenvalue weighted by atomic mass is 9.62. The van der Waals surface area contributed by atoms with Crippen LogP contribution in [0.1, 0.15) is 90.7 Å². The Labute approximate surface area is 205 Å². The van der Waals surface area contributed by atoms with E-state index in [1.54, 1.807) is 28.1 Å². The predicted octanol–water partition coefficient (Wildman–Crippen LogP) is 6.17. The van der Waals surface area contributed by atoms with Crippen LogP contribution in [0.25, 0.3) is 0 Å². The lowest BCUT2D eigenvalue weighted by Crippen LogP contribution is -2.41. The Kier molecular flexibility index (Phi) is 9.15. The molecule has 5 heteroatoms. The van der Waals surface area contributed by atoms with Crippen LogP contribution in [0.15, 0.2) is 23.8 Å². The minimum Gasteiger partial charge on any atom is -0.497 e. The molecular weight excluding hydrogens is 428 g/mol. The van der Waals surface area contributed by atoms with Gasteiger partial charge in [-0.1, -0.05) is 31.9 Å². The maximum atomic E-state index is 13.2. The summed E-state index contributed by atoms with van der Waals surface area (Å²) in [6, 6.07) is 3.92. The Morgan fingerprint density at radius 2 is 1.82 bits per heavy atom. The van der Waals surface area contributed by atoms with E-state index in [0.29, 0.717) is 32.1 Å². The van der Waals surface area contributed by atoms with Crippen LogP contribution in [0, 0.1) is 17.8 Å². The predicted molar refractivity (Wildman–Crippen MR) is 137 cm³/mol. The van der Waals surface area contributed by atoms with E-state index in [1.807, 2.05) is 32.9 Å². The first-order valence-electron chi connectivity index (χ1n) is 12.4. The molecule has 1 N–H and O–H groups in total. The summed E-state index contributed by atoms with van der Waals surface area (Å²) < 4.78 is 11.0. The Morgan fingerprint density at radius 3 is 2.41 bits per heavy atom. The third-order valence-corrected chi connectivity index (χ3v) is 7.82. The second-order valence-electron chi connectivity index (χ2n) is 11.3. The first-order valence-corrected chi connectivity index (χ1v) is 12.4. The van der Waals surface area contributed by atoms with Gasteiger partial charge in [0.05, 0.1) is 19.8 Å². The van der Waals surface area contributed by atoms with Gasteiger partial charge in [-0.25, -0.2) is 0 Å². The summed E-state index contributed by atoms with van der Waals surface area (Å²) in [5.41, 5.74) is 1.35. The number of carbonyl (C=O) groups excluding carboxylic acids is 2. The number of carbonyl (C=O) groups is 2. The summed E-state index contributed by atoms with van der Waals surface area (Å²) in [4.78, 5) is 26.3. The fourth-order valence-electron chi connectivity index (χ4n) is 5.40. The third kappa shape index (κ3) is 6.71. The van der Waals surface area contributed by atoms with Gasteiger partial charge in [0.1, 0.15) is 23.1 Å². The summed E-state index contributed by atoms with van der Waals surface area (Å²) >= 11 is 0. The molecule has 34 heavy (non-hydrogen) atoms. The lowest BCUT2D eigenvalue weighted by molar-refractivity contribution is -0.136. The smallest absolute Gasteiger partial charge is 0.139 e. The van der Waals surface area contributed by atoms with E-state index in [9.17, 15) is 14.7 Å². The normalized spacial score (nSPS) is 23.1. The number of methoxy groups -OCH3 is 2. The molecule has 0 unspecified atom stereocenters. The van der Waals surface area contributed by atoms with Gasteiger partial charge in [-0.2, -0.15) is 0 Å². The zero-order valence-corrected chi connectivity index (χ0v) is 22.5. The van der Waals surface area contributed by atoms with Crippen LogP contribution < -0.4 is 9.47 Å². The number of aliphatic hydroxyl groups is 1. The van der Waals surface area contributed by atoms with Crippen molar-refractivity contribution < 1.29 is 24.2 Å². The molecule has 1 saturated carbocycles. The highest BCUT2D eigenvalue weighted by molar-refractivity contribution is 5.88. The van der Waals surface area contributed by atoms with Crippen molar-refractivity contribution in [1.82, 2.24) is 0 Å². The number of hydrogen-bond donors (Lipinski definition) is 1. The Balaban J connectivity index is 2.07. The number of ether oxygens (including phenoxy) is 2. The van der Waals surface area contributed by atoms with Gasteiger partial charge < -0.3 is 14.6 Å². The van der Waals surface area contributed by atoms with E-state index >= 15 is 0 Å². The maximum absolute atomic E-state index is 13.2. The molecule has 1 aromatic rings. The molecule has 0 aromatic heterocycles. The molecule has 0 radical (unpaired) electrons. The molecule has 0 saturated heterocycles. The summed E-state index contributed by atoms with van der Waals surface area (Å²) in [7, 11) is 3.32. The van der Waals surface area contributed by atoms with Gasteiger partial charge in [0.15, 0.2) is 0 Å². The lowest BCUT2D eigenvalue weighted by Gasteiger charge is -2.40. The molecular formula is C29H44O5. The van der Waals surface area contributed by atoms with Crippen LogP contribution in [0.3, 0.4) is 0 Å². The second kappa shape index (κ2) is 11.1. The Hall–Kier alpha value is -2.14. The molecule has 2 rings (SSSR count). The van der Waals surface area contributed by atoms with Gasteiger partial charge in [-0.05, 0) is 76.5 Å². The number of Topliss-reactive ketones (excluding diaryl/α,β-unsaturated/α-hetero) is 2. The topological polar surface area (TPSA) is 72.8 Å². The van der Waals surface area contributed by atoms with Crippen LogP contribution in [-0.4, -0.2) is 36.5 Å². The highest BCUT2D eigenvalue weighted by Crippen LogP contribution is 2.56. The fourth-order valence-corrected chi connectivity index (χ4v) is 5.40. The van der Waals surface area contributed by atoms with E-state index in [4.69, 9.17) is 9.47 Å². The van der Waals surface area contributed by atoms with Gasteiger partial charge in [0.2, 0.25) is 0 Å². The van der Waals surface area contributed by atoms with Crippen molar-refractivity contribution in [3.63, 3.8) is 0 Å². The summed E-state index contributed by atoms with van der Waals surface area (Å²) in [6.45, 7) is 11.6. The molecule has 2 atom stereocenters. The van der Waals surface area contributed by atoms with Gasteiger partial charge in [0.25, 0.3) is 0 Å². The maximum Gasteiger partial charge on any atom is 0.139 e. The zero-order chi connectivity index (χ0) is 25.7. The van der Waals surface area contributed by atoms with Crippen LogP contribution in [0.4, 0.5) is 0 Å². The molecule has 0 bridgehead atoms. The van der Waals surface area contributed by atoms with Crippen molar-refractivity contribution >= 4 is 11.6 Å². The second-order valence-corrected chi connectivity index (χ2v) is 11.3. The number of allylic oxidation sites excluding steroid dienone is 2. The average Bonchev–Trinajstić information content (AvgIpc) is 3.04. The molecule has 0 spiro atoms. The SMILES string of the molecule is COc1cc(C)c(OC)c(C/C=C(/C)CC(=O)C[C@@]2(C)CCC[C@@]2(C)C(=O)CCC(C)(C)O)c1. The van der Waals surface area contributed by atoms with Gasteiger partial charge in [-0.3, -0.25) is 9.59 Å². The van der Waals surface area contributed by atoms with Crippen molar-refractivity contribution in [2.45, 2.75) is 98.5 Å². The first kappa shape index (κ1) is 28.1. The minimum atomic E-state index is -0.858. The first-order chi connectivity index (χ1) is 15.7. The van der Waals surface area contributed by atoms with E-state index in [2.05, 4.69) is 13.0 Å². The van der Waals surface area contributed by atoms with Gasteiger partial charge >= 0.3 is 0 Å². The molecule has 1 aliphatic carbocycles. The van der Waals surface area contributed by atoms with E-state index in [-0.39, 0.29) is 17.0 Å². The number of ketones is 2. The molecule has 190 valence electrons. The molecule has 0 heterocycles. The van der Waals surface area contributed by atoms with Crippen molar-refractivity contribution in [2.75, 3.05) is 14.2 Å². The standard InChI is InChI=1S/C29H44O5/c1-20(10-11-22-18-24(33-7)17-21(2)26(22)34-8)16-23(30)19-28(5)13-9-14-29(28,6)25(31)12-15-27(3,4)32/h10,17-18,32H,9,11-16,19H2,1-8H3/b20-10-/t28-,29+/m1/s1. The van der Waals surface area contributed by atoms with E-state index in [1.165, 1.54) is 0 Å². The Bertz CT molecular complexity index is 923. The van der Waals surface area contributed by atoms with Crippen LogP contribution in [-0.2, 0) is 16.0 Å².